The van der Waals surface area contributed by atoms with Crippen molar-refractivity contribution < 1.29 is 13.9 Å². The van der Waals surface area contributed by atoms with Crippen LogP contribution in [-0.2, 0) is 0 Å². The number of aliphatic hydroxyl groups excluding tert-OH is 1. The minimum absolute atomic E-state index is 0.0122. The lowest BCUT2D eigenvalue weighted by molar-refractivity contribution is 0.152. The number of hydrogen-bond acceptors (Lipinski definition) is 4. The Hall–Kier alpha value is -1.50. The van der Waals surface area contributed by atoms with Crippen LogP contribution in [0, 0.1) is 0 Å². The summed E-state index contributed by atoms with van der Waals surface area (Å²) in [7, 11) is 0. The van der Waals surface area contributed by atoms with Crippen LogP contribution >= 0.6 is 0 Å². The highest BCUT2D eigenvalue weighted by Gasteiger charge is 2.15. The Kier molecular flexibility index (Phi) is 5.21. The van der Waals surface area contributed by atoms with Gasteiger partial charge in [-0.3, -0.25) is 4.79 Å². The van der Waals surface area contributed by atoms with Gasteiger partial charge in [0.15, 0.2) is 0 Å². The van der Waals surface area contributed by atoms with E-state index in [1.54, 1.807) is 0 Å². The molecule has 102 valence electrons. The highest BCUT2D eigenvalue weighted by Crippen LogP contribution is 2.14. The third-order valence-corrected chi connectivity index (χ3v) is 2.35. The SMILES string of the molecule is CC(C)c1nc(N(CCO)CC(F)F)cc(=O)[nH]1. The Labute approximate surface area is 103 Å². The highest BCUT2D eigenvalue weighted by molar-refractivity contribution is 5.37. The van der Waals surface area contributed by atoms with Crippen molar-refractivity contribution >= 4 is 5.82 Å². The van der Waals surface area contributed by atoms with Crippen molar-refractivity contribution in [3.05, 3.63) is 22.2 Å². The molecule has 0 saturated carbocycles. The number of aliphatic hydroxyl groups is 1. The molecule has 1 aromatic rings. The summed E-state index contributed by atoms with van der Waals surface area (Å²) in [5.41, 5.74) is -0.388. The molecule has 18 heavy (non-hydrogen) atoms. The molecule has 2 N–H and O–H groups in total. The molecule has 1 heterocycles. The fourth-order valence-electron chi connectivity index (χ4n) is 1.49. The van der Waals surface area contributed by atoms with E-state index in [2.05, 4.69) is 9.97 Å². The molecule has 0 aliphatic carbocycles. The first-order valence-corrected chi connectivity index (χ1v) is 5.69. The fourth-order valence-corrected chi connectivity index (χ4v) is 1.49. The molecule has 0 aromatic carbocycles. The third-order valence-electron chi connectivity index (χ3n) is 2.35. The van der Waals surface area contributed by atoms with Crippen LogP contribution in [0.2, 0.25) is 0 Å². The molecule has 0 atom stereocenters. The zero-order valence-corrected chi connectivity index (χ0v) is 10.4. The molecule has 0 bridgehead atoms. The first kappa shape index (κ1) is 14.6. The summed E-state index contributed by atoms with van der Waals surface area (Å²) in [5, 5.41) is 8.86. The summed E-state index contributed by atoms with van der Waals surface area (Å²) in [6.07, 6.45) is -2.56. The van der Waals surface area contributed by atoms with Crippen molar-refractivity contribution in [2.24, 2.45) is 0 Å². The largest absolute Gasteiger partial charge is 0.395 e. The zero-order valence-electron chi connectivity index (χ0n) is 10.4. The Morgan fingerprint density at radius 3 is 2.67 bits per heavy atom. The number of nitrogens with one attached hydrogen (secondary N) is 1. The summed E-state index contributed by atoms with van der Waals surface area (Å²) < 4.78 is 24.8. The molecule has 0 spiro atoms. The van der Waals surface area contributed by atoms with Gasteiger partial charge in [-0.15, -0.1) is 0 Å². The number of aromatic amines is 1. The maximum Gasteiger partial charge on any atom is 0.255 e. The van der Waals surface area contributed by atoms with E-state index >= 15 is 0 Å². The van der Waals surface area contributed by atoms with Crippen LogP contribution in [0.3, 0.4) is 0 Å². The van der Waals surface area contributed by atoms with Gasteiger partial charge in [-0.25, -0.2) is 13.8 Å². The first-order valence-electron chi connectivity index (χ1n) is 5.69. The van der Waals surface area contributed by atoms with Crippen molar-refractivity contribution in [2.75, 3.05) is 24.6 Å². The van der Waals surface area contributed by atoms with Crippen molar-refractivity contribution in [2.45, 2.75) is 26.2 Å². The van der Waals surface area contributed by atoms with Gasteiger partial charge in [-0.05, 0) is 0 Å². The number of alkyl halides is 2. The average Bonchev–Trinajstić information content (AvgIpc) is 2.27. The minimum atomic E-state index is -2.56. The monoisotopic (exact) mass is 261 g/mol. The smallest absolute Gasteiger partial charge is 0.255 e. The second kappa shape index (κ2) is 6.44. The van der Waals surface area contributed by atoms with Gasteiger partial charge >= 0.3 is 0 Å². The van der Waals surface area contributed by atoms with Crippen LogP contribution in [0.15, 0.2) is 10.9 Å². The van der Waals surface area contributed by atoms with Crippen LogP contribution in [0.5, 0.6) is 0 Å². The summed E-state index contributed by atoms with van der Waals surface area (Å²) in [4.78, 5) is 19.3. The van der Waals surface area contributed by atoms with Gasteiger partial charge in [0.05, 0.1) is 13.2 Å². The van der Waals surface area contributed by atoms with Crippen LogP contribution in [0.25, 0.3) is 0 Å². The number of anilines is 1. The second-order valence-electron chi connectivity index (χ2n) is 4.20. The fraction of sp³-hybridized carbons (Fsp3) is 0.636. The zero-order chi connectivity index (χ0) is 13.7. The quantitative estimate of drug-likeness (QED) is 0.800. The maximum atomic E-state index is 12.4. The number of hydrogen-bond donors (Lipinski definition) is 2. The summed E-state index contributed by atoms with van der Waals surface area (Å²) in [6, 6.07) is 1.16. The molecule has 0 saturated heterocycles. The highest BCUT2D eigenvalue weighted by atomic mass is 19.3. The molecule has 1 rings (SSSR count). The van der Waals surface area contributed by atoms with Crippen LogP contribution < -0.4 is 10.5 Å². The third kappa shape index (κ3) is 4.06. The Bertz CT molecular complexity index is 435. The van der Waals surface area contributed by atoms with Gasteiger partial charge in [-0.1, -0.05) is 13.8 Å². The van der Waals surface area contributed by atoms with Crippen molar-refractivity contribution in [3.8, 4) is 0 Å². The number of nitrogens with zero attached hydrogens (tertiary/aromatic N) is 2. The van der Waals surface area contributed by atoms with E-state index in [1.807, 2.05) is 13.8 Å². The van der Waals surface area contributed by atoms with Gasteiger partial charge in [-0.2, -0.15) is 0 Å². The van der Waals surface area contributed by atoms with Gasteiger partial charge in [0.25, 0.3) is 12.0 Å². The van der Waals surface area contributed by atoms with E-state index in [1.165, 1.54) is 4.90 Å². The Morgan fingerprint density at radius 1 is 1.50 bits per heavy atom. The lowest BCUT2D eigenvalue weighted by Gasteiger charge is -2.22. The van der Waals surface area contributed by atoms with Crippen LogP contribution in [0.1, 0.15) is 25.6 Å². The molecular weight excluding hydrogens is 244 g/mol. The molecule has 0 amide bonds. The van der Waals surface area contributed by atoms with Crippen molar-refractivity contribution in [1.29, 1.82) is 0 Å². The molecule has 0 aliphatic heterocycles. The predicted octanol–water partition coefficient (Wildman–Crippen LogP) is 0.957. The number of aromatic nitrogens is 2. The van der Waals surface area contributed by atoms with Gasteiger partial charge in [0.2, 0.25) is 0 Å². The first-order chi connectivity index (χ1) is 8.43. The summed E-state index contributed by atoms with van der Waals surface area (Å²) in [6.45, 7) is 2.85. The lowest BCUT2D eigenvalue weighted by atomic mass is 10.2. The normalized spacial score (nSPS) is 11.3. The molecule has 0 fully saturated rings. The Balaban J connectivity index is 3.06. The topological polar surface area (TPSA) is 69.2 Å². The standard InChI is InChI=1S/C11H17F2N3O2/c1-7(2)11-14-9(5-10(18)15-11)16(3-4-17)6-8(12)13/h5,7-8,17H,3-4,6H2,1-2H3,(H,14,15,18). The van der Waals surface area contributed by atoms with E-state index in [0.29, 0.717) is 5.82 Å². The molecule has 0 unspecified atom stereocenters. The van der Waals surface area contributed by atoms with Gasteiger partial charge < -0.3 is 15.0 Å². The van der Waals surface area contributed by atoms with E-state index in [9.17, 15) is 13.6 Å². The second-order valence-corrected chi connectivity index (χ2v) is 4.20. The lowest BCUT2D eigenvalue weighted by Crippen LogP contribution is -2.33. The molecule has 5 nitrogen and oxygen atoms in total. The molecule has 0 aliphatic rings. The van der Waals surface area contributed by atoms with Crippen molar-refractivity contribution in [1.82, 2.24) is 9.97 Å². The predicted molar refractivity (Wildman–Crippen MR) is 64.2 cm³/mol. The number of rotatable bonds is 6. The number of H-pyrrole nitrogens is 1. The Morgan fingerprint density at radius 2 is 2.17 bits per heavy atom. The molecule has 0 radical (unpaired) electrons. The van der Waals surface area contributed by atoms with E-state index in [0.717, 1.165) is 6.07 Å². The van der Waals surface area contributed by atoms with Crippen LogP contribution in [0.4, 0.5) is 14.6 Å². The van der Waals surface area contributed by atoms with Crippen molar-refractivity contribution in [3.63, 3.8) is 0 Å². The minimum Gasteiger partial charge on any atom is -0.395 e. The summed E-state index contributed by atoms with van der Waals surface area (Å²) >= 11 is 0. The number of halogens is 2. The van der Waals surface area contributed by atoms with Gasteiger partial charge in [0.1, 0.15) is 11.6 Å². The maximum absolute atomic E-state index is 12.4. The van der Waals surface area contributed by atoms with E-state index in [4.69, 9.17) is 5.11 Å². The molecule has 1 aromatic heterocycles. The molecule has 7 heteroatoms. The van der Waals surface area contributed by atoms with Gasteiger partial charge in [0, 0.05) is 18.5 Å². The van der Waals surface area contributed by atoms with Crippen LogP contribution in [-0.4, -0.2) is 41.2 Å². The summed E-state index contributed by atoms with van der Waals surface area (Å²) in [5.74, 6) is 0.590. The van der Waals surface area contributed by atoms with E-state index < -0.39 is 13.0 Å². The molecular formula is C11H17F2N3O2. The average molecular weight is 261 g/mol. The van der Waals surface area contributed by atoms with E-state index in [-0.39, 0.29) is 30.4 Å².